The number of furan rings is 1. The van der Waals surface area contributed by atoms with E-state index in [0.29, 0.717) is 5.56 Å². The van der Waals surface area contributed by atoms with Crippen LogP contribution in [0.1, 0.15) is 54.3 Å². The van der Waals surface area contributed by atoms with Crippen LogP contribution in [-0.2, 0) is 9.53 Å². The molecule has 132 valence electrons. The minimum absolute atomic E-state index is 0.0116. The molecule has 1 atom stereocenters. The number of ether oxygens (including phenoxy) is 1. The Morgan fingerprint density at radius 2 is 1.84 bits per heavy atom. The number of nitrogens with one attached hydrogen (secondary N) is 1. The molecule has 1 heterocycles. The molecule has 0 aliphatic heterocycles. The van der Waals surface area contributed by atoms with Crippen LogP contribution in [0.4, 0.5) is 4.39 Å². The van der Waals surface area contributed by atoms with Crippen molar-refractivity contribution in [3.05, 3.63) is 59.8 Å². The number of hydrogen-bond donors (Lipinski definition) is 1. The minimum atomic E-state index is -1.15. The van der Waals surface area contributed by atoms with E-state index in [1.54, 1.807) is 6.07 Å². The first-order valence-corrected chi connectivity index (χ1v) is 8.44. The number of hydrogen-bond acceptors (Lipinski definition) is 4. The summed E-state index contributed by atoms with van der Waals surface area (Å²) in [7, 11) is 0. The predicted octanol–water partition coefficient (Wildman–Crippen LogP) is 3.77. The van der Waals surface area contributed by atoms with E-state index in [4.69, 9.17) is 9.15 Å². The first kappa shape index (κ1) is 17.2. The van der Waals surface area contributed by atoms with Crippen LogP contribution in [0.5, 0.6) is 0 Å². The minimum Gasteiger partial charge on any atom is -0.457 e. The van der Waals surface area contributed by atoms with Crippen LogP contribution < -0.4 is 5.32 Å². The molecule has 0 unspecified atom stereocenters. The lowest BCUT2D eigenvalue weighted by Crippen LogP contribution is -2.40. The molecule has 0 spiro atoms. The second-order valence-corrected chi connectivity index (χ2v) is 6.16. The largest absolute Gasteiger partial charge is 0.457 e. The van der Waals surface area contributed by atoms with Crippen molar-refractivity contribution in [2.24, 2.45) is 0 Å². The molecule has 0 bridgehead atoms. The number of amides is 1. The Kier molecular flexibility index (Phi) is 5.48. The molecule has 5 nitrogen and oxygen atoms in total. The lowest BCUT2D eigenvalue weighted by molar-refractivity contribution is -0.131. The Bertz CT molecular complexity index is 706. The van der Waals surface area contributed by atoms with Crippen molar-refractivity contribution in [3.63, 3.8) is 0 Å². The third-order valence-electron chi connectivity index (χ3n) is 4.31. The van der Waals surface area contributed by atoms with Crippen molar-refractivity contribution in [1.29, 1.82) is 0 Å². The highest BCUT2D eigenvalue weighted by atomic mass is 19.1. The van der Waals surface area contributed by atoms with Crippen molar-refractivity contribution in [3.8, 4) is 0 Å². The van der Waals surface area contributed by atoms with Gasteiger partial charge in [0.05, 0.1) is 6.26 Å². The summed E-state index contributed by atoms with van der Waals surface area (Å²) in [6.07, 6.45) is 5.33. The Balaban J connectivity index is 1.76. The number of esters is 1. The molecule has 0 radical (unpaired) electrons. The van der Waals surface area contributed by atoms with Gasteiger partial charge in [-0.2, -0.15) is 0 Å². The Morgan fingerprint density at radius 3 is 2.48 bits per heavy atom. The maximum Gasteiger partial charge on any atom is 0.375 e. The van der Waals surface area contributed by atoms with Crippen molar-refractivity contribution >= 4 is 11.9 Å². The van der Waals surface area contributed by atoms with Gasteiger partial charge in [-0.15, -0.1) is 0 Å². The van der Waals surface area contributed by atoms with E-state index in [1.165, 1.54) is 43.0 Å². The quantitative estimate of drug-likeness (QED) is 0.838. The lowest BCUT2D eigenvalue weighted by atomic mass is 9.95. The maximum absolute atomic E-state index is 13.2. The summed E-state index contributed by atoms with van der Waals surface area (Å²) in [5.74, 6) is -1.55. The number of benzene rings is 1. The number of carbonyl (C=O) groups excluding carboxylic acids is 2. The van der Waals surface area contributed by atoms with Crippen LogP contribution in [0.3, 0.4) is 0 Å². The second-order valence-electron chi connectivity index (χ2n) is 6.16. The average molecular weight is 345 g/mol. The molecule has 6 heteroatoms. The van der Waals surface area contributed by atoms with Crippen LogP contribution in [0.25, 0.3) is 0 Å². The molecule has 2 aromatic rings. The first-order valence-electron chi connectivity index (χ1n) is 8.44. The molecule has 1 aliphatic carbocycles. The second kappa shape index (κ2) is 7.96. The van der Waals surface area contributed by atoms with E-state index in [0.717, 1.165) is 25.7 Å². The van der Waals surface area contributed by atoms with Crippen LogP contribution in [-0.4, -0.2) is 17.9 Å². The van der Waals surface area contributed by atoms with E-state index < -0.39 is 23.8 Å². The fourth-order valence-electron chi connectivity index (χ4n) is 2.99. The summed E-state index contributed by atoms with van der Waals surface area (Å²) in [5, 5.41) is 2.94. The molecule has 0 saturated heterocycles. The summed E-state index contributed by atoms with van der Waals surface area (Å²) in [5.41, 5.74) is 0.412. The SMILES string of the molecule is O=C(O[C@H](C(=O)NC1CCCCC1)c1ccc(F)cc1)c1ccco1. The number of carbonyl (C=O) groups is 2. The molecular formula is C19H20FNO4. The highest BCUT2D eigenvalue weighted by Gasteiger charge is 2.28. The molecule has 1 saturated carbocycles. The van der Waals surface area contributed by atoms with Crippen molar-refractivity contribution in [2.45, 2.75) is 44.2 Å². The number of rotatable bonds is 5. The Hall–Kier alpha value is -2.63. The summed E-state index contributed by atoms with van der Waals surface area (Å²) in [4.78, 5) is 24.9. The standard InChI is InChI=1S/C19H20FNO4/c20-14-10-8-13(9-11-14)17(25-19(23)16-7-4-12-24-16)18(22)21-15-5-2-1-3-6-15/h4,7-12,15,17H,1-3,5-6H2,(H,21,22)/t17-/m0/s1. The van der Waals surface area contributed by atoms with Crippen molar-refractivity contribution in [2.75, 3.05) is 0 Å². The fourth-order valence-corrected chi connectivity index (χ4v) is 2.99. The van der Waals surface area contributed by atoms with E-state index in [2.05, 4.69) is 5.32 Å². The summed E-state index contributed by atoms with van der Waals surface area (Å²) >= 11 is 0. The van der Waals surface area contributed by atoms with Crippen LogP contribution in [0.2, 0.25) is 0 Å². The van der Waals surface area contributed by atoms with Gasteiger partial charge in [0.2, 0.25) is 11.9 Å². The van der Waals surface area contributed by atoms with Crippen LogP contribution in [0, 0.1) is 5.82 Å². The van der Waals surface area contributed by atoms with E-state index >= 15 is 0 Å². The van der Waals surface area contributed by atoms with Gasteiger partial charge >= 0.3 is 5.97 Å². The molecule has 1 amide bonds. The van der Waals surface area contributed by atoms with Gasteiger partial charge in [-0.05, 0) is 37.1 Å². The molecule has 1 aromatic carbocycles. The van der Waals surface area contributed by atoms with Gasteiger partial charge in [-0.3, -0.25) is 4.79 Å². The monoisotopic (exact) mass is 345 g/mol. The third kappa shape index (κ3) is 4.47. The molecule has 1 fully saturated rings. The molecule has 3 rings (SSSR count). The Labute approximate surface area is 145 Å². The summed E-state index contributed by atoms with van der Waals surface area (Å²) in [6, 6.07) is 8.44. The smallest absolute Gasteiger partial charge is 0.375 e. The first-order chi connectivity index (χ1) is 12.1. The van der Waals surface area contributed by atoms with Gasteiger partial charge in [0.15, 0.2) is 0 Å². The van der Waals surface area contributed by atoms with E-state index in [-0.39, 0.29) is 11.8 Å². The van der Waals surface area contributed by atoms with Gasteiger partial charge in [0.1, 0.15) is 5.82 Å². The average Bonchev–Trinajstić information content (AvgIpc) is 3.16. The van der Waals surface area contributed by atoms with Gasteiger partial charge in [-0.1, -0.05) is 31.4 Å². The zero-order valence-corrected chi connectivity index (χ0v) is 13.7. The molecule has 1 aliphatic rings. The highest BCUT2D eigenvalue weighted by molar-refractivity contribution is 5.90. The van der Waals surface area contributed by atoms with Crippen LogP contribution in [0.15, 0.2) is 47.1 Å². The van der Waals surface area contributed by atoms with Gasteiger partial charge < -0.3 is 14.5 Å². The topological polar surface area (TPSA) is 68.5 Å². The van der Waals surface area contributed by atoms with Crippen molar-refractivity contribution < 1.29 is 23.1 Å². The van der Waals surface area contributed by atoms with Crippen LogP contribution >= 0.6 is 0 Å². The van der Waals surface area contributed by atoms with Gasteiger partial charge in [0, 0.05) is 11.6 Å². The zero-order chi connectivity index (χ0) is 17.6. The van der Waals surface area contributed by atoms with Crippen molar-refractivity contribution in [1.82, 2.24) is 5.32 Å². The lowest BCUT2D eigenvalue weighted by Gasteiger charge is -2.25. The zero-order valence-electron chi connectivity index (χ0n) is 13.7. The molecule has 25 heavy (non-hydrogen) atoms. The molecule has 1 N–H and O–H groups in total. The van der Waals surface area contributed by atoms with Gasteiger partial charge in [-0.25, -0.2) is 9.18 Å². The highest BCUT2D eigenvalue weighted by Crippen LogP contribution is 2.23. The number of halogens is 1. The van der Waals surface area contributed by atoms with E-state index in [9.17, 15) is 14.0 Å². The predicted molar refractivity (Wildman–Crippen MR) is 88.3 cm³/mol. The molecule has 1 aromatic heterocycles. The normalized spacial score (nSPS) is 16.2. The fraction of sp³-hybridized carbons (Fsp3) is 0.368. The molecular weight excluding hydrogens is 325 g/mol. The van der Waals surface area contributed by atoms with E-state index in [1.807, 2.05) is 0 Å². The third-order valence-corrected chi connectivity index (χ3v) is 4.31. The Morgan fingerprint density at radius 1 is 1.12 bits per heavy atom. The summed E-state index contributed by atoms with van der Waals surface area (Å²) in [6.45, 7) is 0. The van der Waals surface area contributed by atoms with Gasteiger partial charge in [0.25, 0.3) is 5.91 Å². The maximum atomic E-state index is 13.2. The summed E-state index contributed by atoms with van der Waals surface area (Å²) < 4.78 is 23.6.